The SMILES string of the molecule is CNCc1n[nH]c(=O)n1-c1ccccc1Oc1ccccc1. The van der Waals surface area contributed by atoms with Crippen LogP contribution in [0.4, 0.5) is 0 Å². The van der Waals surface area contributed by atoms with Crippen LogP contribution in [-0.4, -0.2) is 21.8 Å². The van der Waals surface area contributed by atoms with Gasteiger partial charge in [0.1, 0.15) is 5.75 Å². The molecule has 0 atom stereocenters. The Morgan fingerprint density at radius 3 is 2.64 bits per heavy atom. The van der Waals surface area contributed by atoms with Gasteiger partial charge in [0.25, 0.3) is 0 Å². The molecule has 0 aliphatic rings. The van der Waals surface area contributed by atoms with Crippen molar-refractivity contribution in [3.8, 4) is 17.2 Å². The second kappa shape index (κ2) is 6.28. The smallest absolute Gasteiger partial charge is 0.348 e. The number of hydrogen-bond donors (Lipinski definition) is 2. The summed E-state index contributed by atoms with van der Waals surface area (Å²) in [4.78, 5) is 12.1. The van der Waals surface area contributed by atoms with Gasteiger partial charge in [0, 0.05) is 0 Å². The lowest BCUT2D eigenvalue weighted by atomic mass is 10.2. The quantitative estimate of drug-likeness (QED) is 0.756. The van der Waals surface area contributed by atoms with Gasteiger partial charge in [-0.2, -0.15) is 5.10 Å². The van der Waals surface area contributed by atoms with Crippen LogP contribution in [0.15, 0.2) is 59.4 Å². The molecule has 3 rings (SSSR count). The number of aromatic amines is 1. The monoisotopic (exact) mass is 296 g/mol. The van der Waals surface area contributed by atoms with Gasteiger partial charge in [-0.3, -0.25) is 0 Å². The van der Waals surface area contributed by atoms with Crippen molar-refractivity contribution in [3.63, 3.8) is 0 Å². The highest BCUT2D eigenvalue weighted by atomic mass is 16.5. The summed E-state index contributed by atoms with van der Waals surface area (Å²) < 4.78 is 7.41. The van der Waals surface area contributed by atoms with E-state index in [0.717, 1.165) is 0 Å². The molecule has 22 heavy (non-hydrogen) atoms. The van der Waals surface area contributed by atoms with E-state index in [9.17, 15) is 4.79 Å². The van der Waals surface area contributed by atoms with Crippen LogP contribution < -0.4 is 15.7 Å². The number of hydrogen-bond acceptors (Lipinski definition) is 4. The van der Waals surface area contributed by atoms with Crippen LogP contribution >= 0.6 is 0 Å². The first-order valence-corrected chi connectivity index (χ1v) is 6.93. The summed E-state index contributed by atoms with van der Waals surface area (Å²) >= 11 is 0. The molecule has 1 heterocycles. The van der Waals surface area contributed by atoms with Gasteiger partial charge >= 0.3 is 5.69 Å². The Labute approximate surface area is 127 Å². The molecule has 0 aliphatic heterocycles. The molecule has 0 amide bonds. The minimum Gasteiger partial charge on any atom is -0.455 e. The average Bonchev–Trinajstić information content (AvgIpc) is 2.90. The molecule has 0 aliphatic carbocycles. The van der Waals surface area contributed by atoms with Crippen LogP contribution in [0.3, 0.4) is 0 Å². The zero-order valence-corrected chi connectivity index (χ0v) is 12.1. The number of aromatic nitrogens is 3. The number of rotatable bonds is 5. The van der Waals surface area contributed by atoms with Gasteiger partial charge < -0.3 is 10.1 Å². The molecule has 2 aromatic carbocycles. The largest absolute Gasteiger partial charge is 0.455 e. The molecule has 0 saturated heterocycles. The van der Waals surface area contributed by atoms with Gasteiger partial charge in [0.2, 0.25) is 0 Å². The number of benzene rings is 2. The summed E-state index contributed by atoms with van der Waals surface area (Å²) in [6, 6.07) is 16.8. The molecule has 0 saturated carbocycles. The second-order valence-electron chi connectivity index (χ2n) is 4.69. The van der Waals surface area contributed by atoms with Crippen molar-refractivity contribution in [2.75, 3.05) is 7.05 Å². The van der Waals surface area contributed by atoms with Crippen LogP contribution in [0.5, 0.6) is 11.5 Å². The summed E-state index contributed by atoms with van der Waals surface area (Å²) in [7, 11) is 1.80. The van der Waals surface area contributed by atoms with Crippen molar-refractivity contribution in [2.24, 2.45) is 0 Å². The highest BCUT2D eigenvalue weighted by Crippen LogP contribution is 2.27. The number of nitrogens with one attached hydrogen (secondary N) is 2. The lowest BCUT2D eigenvalue weighted by Gasteiger charge is -2.12. The molecule has 112 valence electrons. The fraction of sp³-hybridized carbons (Fsp3) is 0.125. The average molecular weight is 296 g/mol. The lowest BCUT2D eigenvalue weighted by Crippen LogP contribution is -2.20. The first-order chi connectivity index (χ1) is 10.8. The van der Waals surface area contributed by atoms with E-state index < -0.39 is 0 Å². The normalized spacial score (nSPS) is 10.6. The number of H-pyrrole nitrogens is 1. The fourth-order valence-corrected chi connectivity index (χ4v) is 2.20. The molecule has 2 N–H and O–H groups in total. The van der Waals surface area contributed by atoms with E-state index in [2.05, 4.69) is 15.5 Å². The maximum atomic E-state index is 12.1. The molecule has 6 heteroatoms. The minimum atomic E-state index is -0.297. The van der Waals surface area contributed by atoms with Crippen LogP contribution in [0.25, 0.3) is 5.69 Å². The summed E-state index contributed by atoms with van der Waals surface area (Å²) in [6.45, 7) is 0.471. The molecule has 3 aromatic rings. The molecule has 0 spiro atoms. The van der Waals surface area contributed by atoms with Gasteiger partial charge in [-0.25, -0.2) is 14.5 Å². The van der Waals surface area contributed by atoms with Gasteiger partial charge in [0.05, 0.1) is 12.2 Å². The predicted molar refractivity (Wildman–Crippen MR) is 83.5 cm³/mol. The Morgan fingerprint density at radius 1 is 1.14 bits per heavy atom. The molecule has 0 radical (unpaired) electrons. The standard InChI is InChI=1S/C16H16N4O2/c1-17-11-15-18-19-16(21)20(15)13-9-5-6-10-14(13)22-12-7-3-2-4-8-12/h2-10,17H,11H2,1H3,(H,19,21). The summed E-state index contributed by atoms with van der Waals surface area (Å²) in [6.07, 6.45) is 0. The summed E-state index contributed by atoms with van der Waals surface area (Å²) in [5, 5.41) is 9.50. The third-order valence-electron chi connectivity index (χ3n) is 3.15. The highest BCUT2D eigenvalue weighted by Gasteiger charge is 2.14. The van der Waals surface area contributed by atoms with Gasteiger partial charge in [-0.15, -0.1) is 0 Å². The molecular weight excluding hydrogens is 280 g/mol. The summed E-state index contributed by atoms with van der Waals surface area (Å²) in [5.74, 6) is 1.90. The van der Waals surface area contributed by atoms with Crippen molar-refractivity contribution in [3.05, 3.63) is 70.9 Å². The zero-order valence-electron chi connectivity index (χ0n) is 12.1. The van der Waals surface area contributed by atoms with E-state index in [1.165, 1.54) is 4.57 Å². The fourth-order valence-electron chi connectivity index (χ4n) is 2.20. The van der Waals surface area contributed by atoms with Gasteiger partial charge in [-0.1, -0.05) is 30.3 Å². The van der Waals surface area contributed by atoms with E-state index in [-0.39, 0.29) is 5.69 Å². The van der Waals surface area contributed by atoms with E-state index >= 15 is 0 Å². The van der Waals surface area contributed by atoms with Gasteiger partial charge in [0.15, 0.2) is 11.6 Å². The van der Waals surface area contributed by atoms with E-state index in [0.29, 0.717) is 29.6 Å². The van der Waals surface area contributed by atoms with Crippen LogP contribution in [0, 0.1) is 0 Å². The Hall–Kier alpha value is -2.86. The second-order valence-corrected chi connectivity index (χ2v) is 4.69. The Kier molecular flexibility index (Phi) is 4.02. The van der Waals surface area contributed by atoms with Crippen molar-refractivity contribution in [1.82, 2.24) is 20.1 Å². The van der Waals surface area contributed by atoms with Crippen molar-refractivity contribution < 1.29 is 4.74 Å². The first-order valence-electron chi connectivity index (χ1n) is 6.93. The molecule has 6 nitrogen and oxygen atoms in total. The Bertz CT molecular complexity index is 808. The third kappa shape index (κ3) is 2.77. The molecule has 0 bridgehead atoms. The molecule has 0 unspecified atom stereocenters. The Morgan fingerprint density at radius 2 is 1.86 bits per heavy atom. The molecule has 1 aromatic heterocycles. The topological polar surface area (TPSA) is 71.9 Å². The number of nitrogens with zero attached hydrogens (tertiary/aromatic N) is 2. The van der Waals surface area contributed by atoms with Crippen molar-refractivity contribution >= 4 is 0 Å². The summed E-state index contributed by atoms with van der Waals surface area (Å²) in [5.41, 5.74) is 0.352. The van der Waals surface area contributed by atoms with Crippen molar-refractivity contribution in [2.45, 2.75) is 6.54 Å². The first kappa shape index (κ1) is 14.1. The zero-order chi connectivity index (χ0) is 15.4. The predicted octanol–water partition coefficient (Wildman–Crippen LogP) is 2.07. The van der Waals surface area contributed by atoms with E-state index in [1.807, 2.05) is 54.6 Å². The van der Waals surface area contributed by atoms with E-state index in [4.69, 9.17) is 4.74 Å². The van der Waals surface area contributed by atoms with Crippen LogP contribution in [0.2, 0.25) is 0 Å². The van der Waals surface area contributed by atoms with Crippen LogP contribution in [-0.2, 0) is 6.54 Å². The maximum absolute atomic E-state index is 12.1. The van der Waals surface area contributed by atoms with E-state index in [1.54, 1.807) is 7.05 Å². The maximum Gasteiger partial charge on any atom is 0.348 e. The third-order valence-corrected chi connectivity index (χ3v) is 3.15. The van der Waals surface area contributed by atoms with Gasteiger partial charge in [-0.05, 0) is 31.3 Å². The molecule has 0 fully saturated rings. The lowest BCUT2D eigenvalue weighted by molar-refractivity contribution is 0.478. The van der Waals surface area contributed by atoms with Crippen molar-refractivity contribution in [1.29, 1.82) is 0 Å². The number of para-hydroxylation sites is 3. The number of ether oxygens (including phenoxy) is 1. The highest BCUT2D eigenvalue weighted by molar-refractivity contribution is 5.49. The minimum absolute atomic E-state index is 0.297. The Balaban J connectivity index is 2.05. The molecular formula is C16H16N4O2. The van der Waals surface area contributed by atoms with Crippen LogP contribution in [0.1, 0.15) is 5.82 Å².